The van der Waals surface area contributed by atoms with Gasteiger partial charge in [0, 0.05) is 11.0 Å². The average Bonchev–Trinajstić information content (AvgIpc) is 2.27. The number of aliphatic hydroxyl groups excluding tert-OH is 1. The lowest BCUT2D eigenvalue weighted by Gasteiger charge is -2.47. The van der Waals surface area contributed by atoms with Gasteiger partial charge in [-0.1, -0.05) is 12.2 Å². The summed E-state index contributed by atoms with van der Waals surface area (Å²) < 4.78 is 0. The number of likely N-dealkylation sites (tertiary alicyclic amines) is 1. The minimum absolute atomic E-state index is 0.0365. The molecular weight excluding hydrogens is 210 g/mol. The van der Waals surface area contributed by atoms with Gasteiger partial charge >= 0.3 is 0 Å². The van der Waals surface area contributed by atoms with Crippen LogP contribution in [0.2, 0.25) is 0 Å². The summed E-state index contributed by atoms with van der Waals surface area (Å²) in [6.45, 7) is 16.4. The van der Waals surface area contributed by atoms with Crippen LogP contribution in [0.4, 0.5) is 0 Å². The number of aliphatic hydroxyl groups is 1. The van der Waals surface area contributed by atoms with Crippen molar-refractivity contribution in [1.29, 1.82) is 0 Å². The van der Waals surface area contributed by atoms with Crippen molar-refractivity contribution < 1.29 is 5.11 Å². The summed E-state index contributed by atoms with van der Waals surface area (Å²) in [7, 11) is 0. The molecule has 2 nitrogen and oxygen atoms in total. The molecule has 0 aromatic heterocycles. The molecule has 1 atom stereocenters. The van der Waals surface area contributed by atoms with Gasteiger partial charge in [-0.3, -0.25) is 4.90 Å². The predicted molar refractivity (Wildman–Crippen MR) is 74.0 cm³/mol. The van der Waals surface area contributed by atoms with E-state index in [1.807, 2.05) is 6.08 Å². The Hall–Kier alpha value is -0.600. The van der Waals surface area contributed by atoms with Crippen LogP contribution in [-0.2, 0) is 0 Å². The maximum Gasteiger partial charge on any atom is 0.0778 e. The molecule has 1 heterocycles. The SMILES string of the molecule is C=CCC1(C(O)C=C)CCN(C(C)(C)C)CC1. The van der Waals surface area contributed by atoms with Crippen LogP contribution in [0.15, 0.2) is 25.3 Å². The molecule has 1 fully saturated rings. The van der Waals surface area contributed by atoms with E-state index in [4.69, 9.17) is 0 Å². The van der Waals surface area contributed by atoms with Crippen LogP contribution in [0, 0.1) is 5.41 Å². The average molecular weight is 237 g/mol. The molecule has 0 radical (unpaired) electrons. The minimum Gasteiger partial charge on any atom is -0.388 e. The summed E-state index contributed by atoms with van der Waals surface area (Å²) in [6.07, 6.45) is 6.10. The molecule has 1 saturated heterocycles. The lowest BCUT2D eigenvalue weighted by molar-refractivity contribution is -0.0192. The van der Waals surface area contributed by atoms with Crippen molar-refractivity contribution >= 4 is 0 Å². The summed E-state index contributed by atoms with van der Waals surface area (Å²) in [6, 6.07) is 0. The fraction of sp³-hybridized carbons (Fsp3) is 0.733. The summed E-state index contributed by atoms with van der Waals surface area (Å²) in [4.78, 5) is 2.49. The zero-order chi connectivity index (χ0) is 13.1. The highest BCUT2D eigenvalue weighted by molar-refractivity contribution is 5.02. The zero-order valence-corrected chi connectivity index (χ0v) is 11.6. The van der Waals surface area contributed by atoms with Crippen molar-refractivity contribution in [3.63, 3.8) is 0 Å². The largest absolute Gasteiger partial charge is 0.388 e. The fourth-order valence-electron chi connectivity index (χ4n) is 2.78. The Bertz CT molecular complexity index is 269. The van der Waals surface area contributed by atoms with E-state index in [1.54, 1.807) is 6.08 Å². The first kappa shape index (κ1) is 14.5. The van der Waals surface area contributed by atoms with Gasteiger partial charge in [0.1, 0.15) is 0 Å². The van der Waals surface area contributed by atoms with E-state index in [-0.39, 0.29) is 11.0 Å². The van der Waals surface area contributed by atoms with Gasteiger partial charge in [0.05, 0.1) is 6.10 Å². The molecular formula is C15H27NO. The Morgan fingerprint density at radius 1 is 1.29 bits per heavy atom. The second-order valence-electron chi connectivity index (χ2n) is 6.19. The molecule has 1 aliphatic rings. The van der Waals surface area contributed by atoms with E-state index in [9.17, 15) is 5.11 Å². The Morgan fingerprint density at radius 2 is 1.82 bits per heavy atom. The van der Waals surface area contributed by atoms with Crippen molar-refractivity contribution in [3.05, 3.63) is 25.3 Å². The fourth-order valence-corrected chi connectivity index (χ4v) is 2.78. The minimum atomic E-state index is -0.414. The summed E-state index contributed by atoms with van der Waals surface area (Å²) in [5.74, 6) is 0. The molecule has 0 bridgehead atoms. The Kier molecular flexibility index (Phi) is 4.56. The number of piperidine rings is 1. The molecule has 17 heavy (non-hydrogen) atoms. The molecule has 1 aliphatic heterocycles. The van der Waals surface area contributed by atoms with Crippen molar-refractivity contribution in [1.82, 2.24) is 4.90 Å². The molecule has 0 saturated carbocycles. The van der Waals surface area contributed by atoms with Gasteiger partial charge in [-0.25, -0.2) is 0 Å². The van der Waals surface area contributed by atoms with Crippen LogP contribution in [0.1, 0.15) is 40.0 Å². The summed E-state index contributed by atoms with van der Waals surface area (Å²) in [5, 5.41) is 10.2. The molecule has 1 N–H and O–H groups in total. The lowest BCUT2D eigenvalue weighted by atomic mass is 9.70. The lowest BCUT2D eigenvalue weighted by Crippen LogP contribution is -2.51. The smallest absolute Gasteiger partial charge is 0.0778 e. The van der Waals surface area contributed by atoms with Gasteiger partial charge in [-0.15, -0.1) is 13.2 Å². The zero-order valence-electron chi connectivity index (χ0n) is 11.6. The first-order valence-corrected chi connectivity index (χ1v) is 6.52. The second kappa shape index (κ2) is 5.36. The summed E-state index contributed by atoms with van der Waals surface area (Å²) in [5.41, 5.74) is 0.185. The van der Waals surface area contributed by atoms with Gasteiger partial charge in [-0.2, -0.15) is 0 Å². The highest BCUT2D eigenvalue weighted by Gasteiger charge is 2.40. The molecule has 0 amide bonds. The highest BCUT2D eigenvalue weighted by Crippen LogP contribution is 2.40. The third-order valence-electron chi connectivity index (χ3n) is 4.11. The molecule has 2 heteroatoms. The van der Waals surface area contributed by atoms with Crippen LogP contribution >= 0.6 is 0 Å². The van der Waals surface area contributed by atoms with Gasteiger partial charge in [0.15, 0.2) is 0 Å². The molecule has 1 unspecified atom stereocenters. The summed E-state index contributed by atoms with van der Waals surface area (Å²) >= 11 is 0. The van der Waals surface area contributed by atoms with Crippen LogP contribution in [0.25, 0.3) is 0 Å². The molecule has 98 valence electrons. The van der Waals surface area contributed by atoms with Gasteiger partial charge in [0.25, 0.3) is 0 Å². The van der Waals surface area contributed by atoms with Crippen LogP contribution in [-0.4, -0.2) is 34.7 Å². The number of rotatable bonds is 4. The number of hydrogen-bond acceptors (Lipinski definition) is 2. The molecule has 0 spiro atoms. The Labute approximate surface area is 106 Å². The molecule has 1 rings (SSSR count). The number of hydrogen-bond donors (Lipinski definition) is 1. The predicted octanol–water partition coefficient (Wildman–Crippen LogP) is 2.99. The Morgan fingerprint density at radius 3 is 2.18 bits per heavy atom. The quantitative estimate of drug-likeness (QED) is 0.760. The highest BCUT2D eigenvalue weighted by atomic mass is 16.3. The topological polar surface area (TPSA) is 23.5 Å². The van der Waals surface area contributed by atoms with Gasteiger partial charge < -0.3 is 5.11 Å². The van der Waals surface area contributed by atoms with E-state index >= 15 is 0 Å². The Balaban J connectivity index is 2.74. The normalized spacial score (nSPS) is 23.1. The maximum absolute atomic E-state index is 10.2. The van der Waals surface area contributed by atoms with E-state index < -0.39 is 6.10 Å². The third kappa shape index (κ3) is 3.20. The maximum atomic E-state index is 10.2. The van der Waals surface area contributed by atoms with Crippen LogP contribution in [0.3, 0.4) is 0 Å². The number of nitrogens with zero attached hydrogens (tertiary/aromatic N) is 1. The van der Waals surface area contributed by atoms with E-state index in [0.29, 0.717) is 0 Å². The number of allylic oxidation sites excluding steroid dienone is 1. The molecule has 0 aromatic carbocycles. The van der Waals surface area contributed by atoms with Crippen molar-refractivity contribution in [2.75, 3.05) is 13.1 Å². The first-order chi connectivity index (χ1) is 7.85. The monoisotopic (exact) mass is 237 g/mol. The van der Waals surface area contributed by atoms with Gasteiger partial charge in [-0.05, 0) is 53.1 Å². The van der Waals surface area contributed by atoms with Crippen molar-refractivity contribution in [2.45, 2.75) is 51.7 Å². The van der Waals surface area contributed by atoms with Gasteiger partial charge in [0.2, 0.25) is 0 Å². The first-order valence-electron chi connectivity index (χ1n) is 6.52. The second-order valence-corrected chi connectivity index (χ2v) is 6.19. The van der Waals surface area contributed by atoms with Crippen molar-refractivity contribution in [3.8, 4) is 0 Å². The molecule has 0 aromatic rings. The van der Waals surface area contributed by atoms with E-state index in [1.165, 1.54) is 0 Å². The van der Waals surface area contributed by atoms with E-state index in [2.05, 4.69) is 38.8 Å². The third-order valence-corrected chi connectivity index (χ3v) is 4.11. The van der Waals surface area contributed by atoms with Crippen LogP contribution in [0.5, 0.6) is 0 Å². The standard InChI is InChI=1S/C15H27NO/c1-6-8-15(13(17)7-2)9-11-16(12-10-15)14(3,4)5/h6-7,13,17H,1-2,8-12H2,3-5H3. The van der Waals surface area contributed by atoms with Crippen LogP contribution < -0.4 is 0 Å². The van der Waals surface area contributed by atoms with E-state index in [0.717, 1.165) is 32.4 Å². The van der Waals surface area contributed by atoms with Crippen molar-refractivity contribution in [2.24, 2.45) is 5.41 Å². The molecule has 0 aliphatic carbocycles.